The number of methoxy groups -OCH3 is 1. The number of rotatable bonds is 5. The van der Waals surface area contributed by atoms with Crippen LogP contribution in [0.5, 0.6) is 5.75 Å². The molecule has 0 saturated heterocycles. The van der Waals surface area contributed by atoms with E-state index in [0.29, 0.717) is 0 Å². The summed E-state index contributed by atoms with van der Waals surface area (Å²) >= 11 is 0. The zero-order valence-electron chi connectivity index (χ0n) is 9.17. The van der Waals surface area contributed by atoms with Gasteiger partial charge in [0.15, 0.2) is 0 Å². The third-order valence-corrected chi connectivity index (χ3v) is 1.93. The van der Waals surface area contributed by atoms with Crippen molar-refractivity contribution >= 4 is 12.4 Å². The van der Waals surface area contributed by atoms with Gasteiger partial charge in [0.1, 0.15) is 12.0 Å². The molecule has 0 unspecified atom stereocenters. The topological polar surface area (TPSA) is 26.3 Å². The summed E-state index contributed by atoms with van der Waals surface area (Å²) in [7, 11) is 1.65. The van der Waals surface area contributed by atoms with Crippen LogP contribution in [-0.4, -0.2) is 13.4 Å². The summed E-state index contributed by atoms with van der Waals surface area (Å²) in [5, 5.41) is 0. The van der Waals surface area contributed by atoms with Gasteiger partial charge in [-0.05, 0) is 23.8 Å². The molecule has 0 radical (unpaired) electrons. The molecule has 0 aromatic heterocycles. The monoisotopic (exact) mass is 214 g/mol. The van der Waals surface area contributed by atoms with E-state index in [1.54, 1.807) is 19.3 Å². The molecule has 1 aromatic carbocycles. The van der Waals surface area contributed by atoms with E-state index in [-0.39, 0.29) is 0 Å². The largest absolute Gasteiger partial charge is 0.497 e. The molecule has 1 rings (SSSR count). The third kappa shape index (κ3) is 4.42. The van der Waals surface area contributed by atoms with Crippen molar-refractivity contribution in [3.8, 4) is 5.75 Å². The van der Waals surface area contributed by atoms with Crippen LogP contribution < -0.4 is 4.74 Å². The van der Waals surface area contributed by atoms with Crippen molar-refractivity contribution in [1.29, 1.82) is 0 Å². The highest BCUT2D eigenvalue weighted by molar-refractivity contribution is 5.65. The summed E-state index contributed by atoms with van der Waals surface area (Å²) in [6.45, 7) is 0. The molecule has 0 bridgehead atoms. The number of benzene rings is 1. The summed E-state index contributed by atoms with van der Waals surface area (Å²) in [4.78, 5) is 9.97. The smallest absolute Gasteiger partial charge is 0.142 e. The second-order valence-electron chi connectivity index (χ2n) is 3.04. The van der Waals surface area contributed by atoms with E-state index in [9.17, 15) is 4.79 Å². The van der Waals surface area contributed by atoms with E-state index in [1.807, 2.05) is 42.5 Å². The standard InChI is InChI=1S/C14H14O2/c1-16-14-10-8-13(9-11-14)7-5-3-2-4-6-12-15/h2-12H,1H3/b3-2+,6-4+,7-5+. The molecule has 0 amide bonds. The van der Waals surface area contributed by atoms with E-state index >= 15 is 0 Å². The van der Waals surface area contributed by atoms with Crippen LogP contribution in [0.3, 0.4) is 0 Å². The Hall–Kier alpha value is -2.09. The predicted molar refractivity (Wildman–Crippen MR) is 66.4 cm³/mol. The lowest BCUT2D eigenvalue weighted by molar-refractivity contribution is -0.104. The second kappa shape index (κ2) is 7.23. The fraction of sp³-hybridized carbons (Fsp3) is 0.0714. The Morgan fingerprint density at radius 1 is 0.938 bits per heavy atom. The number of carbonyl (C=O) groups is 1. The number of hydrogen-bond acceptors (Lipinski definition) is 2. The van der Waals surface area contributed by atoms with Crippen molar-refractivity contribution in [2.24, 2.45) is 0 Å². The molecule has 0 aliphatic rings. The van der Waals surface area contributed by atoms with E-state index in [4.69, 9.17) is 4.74 Å². The first-order chi connectivity index (χ1) is 7.86. The van der Waals surface area contributed by atoms with Crippen LogP contribution in [0.25, 0.3) is 6.08 Å². The Morgan fingerprint density at radius 2 is 1.56 bits per heavy atom. The van der Waals surface area contributed by atoms with E-state index in [2.05, 4.69) is 0 Å². The van der Waals surface area contributed by atoms with Crippen LogP contribution in [0.1, 0.15) is 5.56 Å². The van der Waals surface area contributed by atoms with Crippen LogP contribution in [0.4, 0.5) is 0 Å². The van der Waals surface area contributed by atoms with Gasteiger partial charge in [0.05, 0.1) is 7.11 Å². The normalized spacial score (nSPS) is 11.6. The SMILES string of the molecule is COc1ccc(/C=C/C=C/C=C/C=O)cc1. The van der Waals surface area contributed by atoms with E-state index in [1.165, 1.54) is 6.08 Å². The molecule has 0 aliphatic heterocycles. The zero-order chi connectivity index (χ0) is 11.6. The quantitative estimate of drug-likeness (QED) is 0.428. The minimum Gasteiger partial charge on any atom is -0.497 e. The van der Waals surface area contributed by atoms with Crippen LogP contribution >= 0.6 is 0 Å². The Morgan fingerprint density at radius 3 is 2.19 bits per heavy atom. The maximum atomic E-state index is 9.97. The van der Waals surface area contributed by atoms with Crippen molar-refractivity contribution in [2.45, 2.75) is 0 Å². The summed E-state index contributed by atoms with van der Waals surface area (Å²) in [6.07, 6.45) is 11.4. The maximum absolute atomic E-state index is 9.97. The van der Waals surface area contributed by atoms with Gasteiger partial charge in [0.2, 0.25) is 0 Å². The van der Waals surface area contributed by atoms with Gasteiger partial charge in [-0.2, -0.15) is 0 Å². The van der Waals surface area contributed by atoms with Crippen molar-refractivity contribution in [3.05, 3.63) is 60.2 Å². The molecular weight excluding hydrogens is 200 g/mol. The highest BCUT2D eigenvalue weighted by atomic mass is 16.5. The van der Waals surface area contributed by atoms with Crippen molar-refractivity contribution in [3.63, 3.8) is 0 Å². The summed E-state index contributed by atoms with van der Waals surface area (Å²) in [5.41, 5.74) is 1.10. The fourth-order valence-electron chi connectivity index (χ4n) is 1.12. The molecule has 0 N–H and O–H groups in total. The number of hydrogen-bond donors (Lipinski definition) is 0. The van der Waals surface area contributed by atoms with Crippen LogP contribution in [-0.2, 0) is 4.79 Å². The van der Waals surface area contributed by atoms with Crippen molar-refractivity contribution in [1.82, 2.24) is 0 Å². The van der Waals surface area contributed by atoms with Gasteiger partial charge < -0.3 is 4.74 Å². The highest BCUT2D eigenvalue weighted by Gasteiger charge is 1.88. The number of allylic oxidation sites excluding steroid dienone is 5. The molecule has 1 aromatic rings. The van der Waals surface area contributed by atoms with Crippen molar-refractivity contribution < 1.29 is 9.53 Å². The molecule has 82 valence electrons. The molecule has 2 nitrogen and oxygen atoms in total. The Labute approximate surface area is 95.6 Å². The fourth-order valence-corrected chi connectivity index (χ4v) is 1.12. The minimum atomic E-state index is 0.748. The molecule has 0 atom stereocenters. The lowest BCUT2D eigenvalue weighted by Crippen LogP contribution is -1.81. The van der Waals surface area contributed by atoms with Gasteiger partial charge >= 0.3 is 0 Å². The molecule has 0 heterocycles. The van der Waals surface area contributed by atoms with Gasteiger partial charge in [-0.25, -0.2) is 0 Å². The Balaban J connectivity index is 2.52. The van der Waals surface area contributed by atoms with E-state index in [0.717, 1.165) is 17.6 Å². The molecule has 16 heavy (non-hydrogen) atoms. The van der Waals surface area contributed by atoms with Gasteiger partial charge in [-0.15, -0.1) is 0 Å². The van der Waals surface area contributed by atoms with Gasteiger partial charge in [0, 0.05) is 0 Å². The lowest BCUT2D eigenvalue weighted by atomic mass is 10.2. The molecule has 0 fully saturated rings. The number of ether oxygens (including phenoxy) is 1. The molecule has 0 saturated carbocycles. The van der Waals surface area contributed by atoms with E-state index < -0.39 is 0 Å². The highest BCUT2D eigenvalue weighted by Crippen LogP contribution is 2.12. The maximum Gasteiger partial charge on any atom is 0.142 e. The Kier molecular flexibility index (Phi) is 5.42. The van der Waals surface area contributed by atoms with Crippen LogP contribution in [0, 0.1) is 0 Å². The van der Waals surface area contributed by atoms with Crippen molar-refractivity contribution in [2.75, 3.05) is 7.11 Å². The zero-order valence-corrected chi connectivity index (χ0v) is 9.17. The number of carbonyl (C=O) groups excluding carboxylic acids is 1. The average molecular weight is 214 g/mol. The minimum absolute atomic E-state index is 0.748. The van der Waals surface area contributed by atoms with Crippen LogP contribution in [0.15, 0.2) is 54.6 Å². The molecular formula is C14H14O2. The number of aldehydes is 1. The van der Waals surface area contributed by atoms with Crippen LogP contribution in [0.2, 0.25) is 0 Å². The third-order valence-electron chi connectivity index (χ3n) is 1.93. The molecule has 0 spiro atoms. The summed E-state index contributed by atoms with van der Waals surface area (Å²) < 4.78 is 5.06. The summed E-state index contributed by atoms with van der Waals surface area (Å²) in [6, 6.07) is 7.78. The first-order valence-electron chi connectivity index (χ1n) is 4.96. The second-order valence-corrected chi connectivity index (χ2v) is 3.04. The molecule has 2 heteroatoms. The average Bonchev–Trinajstić information content (AvgIpc) is 2.34. The first kappa shape index (κ1) is 12.0. The Bertz CT molecular complexity index is 397. The van der Waals surface area contributed by atoms with Gasteiger partial charge in [-0.1, -0.05) is 42.5 Å². The first-order valence-corrected chi connectivity index (χ1v) is 4.96. The predicted octanol–water partition coefficient (Wildman–Crippen LogP) is 3.02. The summed E-state index contributed by atoms with van der Waals surface area (Å²) in [5.74, 6) is 0.849. The van der Waals surface area contributed by atoms with Gasteiger partial charge in [0.25, 0.3) is 0 Å². The van der Waals surface area contributed by atoms with Gasteiger partial charge in [-0.3, -0.25) is 4.79 Å². The molecule has 0 aliphatic carbocycles. The lowest BCUT2D eigenvalue weighted by Gasteiger charge is -1.98.